The summed E-state index contributed by atoms with van der Waals surface area (Å²) in [5.41, 5.74) is -0.455. The summed E-state index contributed by atoms with van der Waals surface area (Å²) in [4.78, 5) is 24.6. The number of nitrogens with one attached hydrogen (secondary N) is 1. The molecule has 0 spiro atoms. The molecule has 0 heterocycles. The van der Waals surface area contributed by atoms with Crippen LogP contribution in [0.5, 0.6) is 0 Å². The quantitative estimate of drug-likeness (QED) is 0.587. The van der Waals surface area contributed by atoms with Gasteiger partial charge < -0.3 is 23.7 Å². The van der Waals surface area contributed by atoms with Crippen LogP contribution < -0.4 is 5.32 Å². The van der Waals surface area contributed by atoms with Crippen molar-refractivity contribution in [2.75, 3.05) is 21.3 Å². The Morgan fingerprint density at radius 3 is 1.87 bits per heavy atom. The maximum atomic E-state index is 12.4. The van der Waals surface area contributed by atoms with E-state index in [1.807, 2.05) is 27.7 Å². The predicted octanol–water partition coefficient (Wildman–Crippen LogP) is 2.18. The second-order valence-corrected chi connectivity index (χ2v) is 9.93. The number of hydrogen-bond acceptors (Lipinski definition) is 5. The third kappa shape index (κ3) is 5.27. The molecular weight excluding hydrogens is 318 g/mol. The molecule has 0 bridgehead atoms. The molecule has 1 unspecified atom stereocenters. The lowest BCUT2D eigenvalue weighted by Crippen LogP contribution is -2.59. The van der Waals surface area contributed by atoms with Crippen molar-refractivity contribution in [3.8, 4) is 0 Å². The number of hydrogen-bond donors (Lipinski definition) is 2. The Morgan fingerprint density at radius 1 is 1.09 bits per heavy atom. The van der Waals surface area contributed by atoms with E-state index in [2.05, 4.69) is 5.32 Å². The van der Waals surface area contributed by atoms with Crippen molar-refractivity contribution in [1.82, 2.24) is 5.32 Å². The first-order valence-corrected chi connectivity index (χ1v) is 9.46. The summed E-state index contributed by atoms with van der Waals surface area (Å²) in [5, 5.41) is 11.2. The van der Waals surface area contributed by atoms with Gasteiger partial charge in [-0.05, 0) is 27.2 Å². The number of carboxylic acid groups (broad SMARTS) is 1. The Morgan fingerprint density at radius 2 is 1.57 bits per heavy atom. The standard InChI is InChI=1S/C15H31NO6Si/c1-8-9-10-15(13(18)19,23(20-5,21-6)22-7)11-12(17)16-14(2,3)4/h8-11H2,1-7H3,(H,16,17)(H,18,19). The van der Waals surface area contributed by atoms with Crippen LogP contribution in [-0.2, 0) is 22.9 Å². The van der Waals surface area contributed by atoms with Crippen molar-refractivity contribution in [1.29, 1.82) is 0 Å². The Balaban J connectivity index is 5.85. The second-order valence-electron chi connectivity index (χ2n) is 6.63. The Hall–Kier alpha value is -0.963. The third-order valence-electron chi connectivity index (χ3n) is 3.74. The molecule has 0 aliphatic heterocycles. The van der Waals surface area contributed by atoms with Crippen LogP contribution >= 0.6 is 0 Å². The van der Waals surface area contributed by atoms with Gasteiger partial charge in [-0.25, -0.2) is 0 Å². The van der Waals surface area contributed by atoms with Gasteiger partial charge in [-0.2, -0.15) is 0 Å². The van der Waals surface area contributed by atoms with E-state index in [9.17, 15) is 14.7 Å². The van der Waals surface area contributed by atoms with Crippen molar-refractivity contribution >= 4 is 20.7 Å². The molecule has 0 radical (unpaired) electrons. The van der Waals surface area contributed by atoms with Crippen molar-refractivity contribution in [2.24, 2.45) is 0 Å². The molecule has 0 fully saturated rings. The monoisotopic (exact) mass is 349 g/mol. The van der Waals surface area contributed by atoms with Crippen molar-refractivity contribution in [3.05, 3.63) is 0 Å². The fourth-order valence-corrected chi connectivity index (χ4v) is 5.51. The first-order chi connectivity index (χ1) is 10.5. The normalized spacial score (nSPS) is 15.1. The van der Waals surface area contributed by atoms with Crippen LogP contribution in [0.2, 0.25) is 5.04 Å². The van der Waals surface area contributed by atoms with E-state index in [4.69, 9.17) is 13.3 Å². The predicted molar refractivity (Wildman–Crippen MR) is 89.1 cm³/mol. The summed E-state index contributed by atoms with van der Waals surface area (Å²) < 4.78 is 16.3. The summed E-state index contributed by atoms with van der Waals surface area (Å²) in [5.74, 6) is -1.49. The minimum Gasteiger partial charge on any atom is -0.481 e. The lowest BCUT2D eigenvalue weighted by atomic mass is 9.96. The molecule has 0 aliphatic rings. The van der Waals surface area contributed by atoms with Crippen LogP contribution in [0.3, 0.4) is 0 Å². The van der Waals surface area contributed by atoms with E-state index >= 15 is 0 Å². The maximum absolute atomic E-state index is 12.4. The summed E-state index contributed by atoms with van der Waals surface area (Å²) in [6.45, 7) is 7.48. The highest BCUT2D eigenvalue weighted by atomic mass is 28.4. The number of rotatable bonds is 10. The topological polar surface area (TPSA) is 94.1 Å². The lowest BCUT2D eigenvalue weighted by molar-refractivity contribution is -0.146. The zero-order chi connectivity index (χ0) is 18.3. The largest absolute Gasteiger partial charge is 0.518 e. The minimum atomic E-state index is -3.60. The van der Waals surface area contributed by atoms with Crippen LogP contribution in [0.1, 0.15) is 53.4 Å². The SMILES string of the molecule is CCCCC(CC(=O)NC(C)(C)C)(C(=O)O)[Si](OC)(OC)OC. The van der Waals surface area contributed by atoms with Gasteiger partial charge in [0, 0.05) is 33.3 Å². The molecule has 1 amide bonds. The Kier molecular flexibility index (Phi) is 8.40. The zero-order valence-electron chi connectivity index (χ0n) is 15.3. The summed E-state index contributed by atoms with van der Waals surface area (Å²) in [7, 11) is 0.501. The molecule has 1 atom stereocenters. The Labute approximate surface area is 140 Å². The maximum Gasteiger partial charge on any atom is 0.518 e. The fraction of sp³-hybridized carbons (Fsp3) is 0.867. The smallest absolute Gasteiger partial charge is 0.481 e. The van der Waals surface area contributed by atoms with Crippen LogP contribution in [-0.4, -0.2) is 52.7 Å². The van der Waals surface area contributed by atoms with Crippen molar-refractivity contribution in [2.45, 2.75) is 64.0 Å². The second kappa shape index (κ2) is 8.77. The molecule has 7 nitrogen and oxygen atoms in total. The lowest BCUT2D eigenvalue weighted by Gasteiger charge is -2.40. The van der Waals surface area contributed by atoms with E-state index in [0.717, 1.165) is 6.42 Å². The van der Waals surface area contributed by atoms with Gasteiger partial charge in [0.25, 0.3) is 0 Å². The molecule has 0 aromatic rings. The van der Waals surface area contributed by atoms with Crippen molar-refractivity contribution < 1.29 is 28.0 Å². The number of carbonyl (C=O) groups excluding carboxylic acids is 1. The van der Waals surface area contributed by atoms with Gasteiger partial charge in [-0.3, -0.25) is 9.59 Å². The van der Waals surface area contributed by atoms with Crippen LogP contribution in [0.15, 0.2) is 0 Å². The number of carboxylic acids is 1. The zero-order valence-corrected chi connectivity index (χ0v) is 16.3. The number of amides is 1. The molecule has 23 heavy (non-hydrogen) atoms. The molecule has 0 saturated heterocycles. The first kappa shape index (κ1) is 22.0. The van der Waals surface area contributed by atoms with E-state index < -0.39 is 25.4 Å². The van der Waals surface area contributed by atoms with Gasteiger partial charge in [0.15, 0.2) is 0 Å². The van der Waals surface area contributed by atoms with E-state index in [-0.39, 0.29) is 18.7 Å². The van der Waals surface area contributed by atoms with Crippen LogP contribution in [0, 0.1) is 0 Å². The summed E-state index contributed by atoms with van der Waals surface area (Å²) in [6, 6.07) is 0. The molecule has 0 saturated carbocycles. The highest BCUT2D eigenvalue weighted by Gasteiger charge is 2.65. The number of aliphatic carboxylic acids is 1. The third-order valence-corrected chi connectivity index (χ3v) is 7.16. The van der Waals surface area contributed by atoms with Crippen LogP contribution in [0.25, 0.3) is 0 Å². The minimum absolute atomic E-state index is 0.248. The average Bonchev–Trinajstić information content (AvgIpc) is 2.44. The van der Waals surface area contributed by atoms with E-state index in [1.54, 1.807) is 0 Å². The molecule has 0 aromatic heterocycles. The fourth-order valence-electron chi connectivity index (χ4n) is 2.71. The number of carbonyl (C=O) groups is 2. The molecule has 136 valence electrons. The van der Waals surface area contributed by atoms with Gasteiger partial charge >= 0.3 is 14.8 Å². The number of unbranched alkanes of at least 4 members (excludes halogenated alkanes) is 1. The van der Waals surface area contributed by atoms with E-state index in [0.29, 0.717) is 6.42 Å². The first-order valence-electron chi connectivity index (χ1n) is 7.74. The highest BCUT2D eigenvalue weighted by Crippen LogP contribution is 2.47. The van der Waals surface area contributed by atoms with Gasteiger partial charge in [0.05, 0.1) is 0 Å². The molecule has 8 heteroatoms. The van der Waals surface area contributed by atoms with Gasteiger partial charge in [0.1, 0.15) is 5.04 Å². The summed E-state index contributed by atoms with van der Waals surface area (Å²) >= 11 is 0. The Bertz CT molecular complexity index is 397. The average molecular weight is 350 g/mol. The van der Waals surface area contributed by atoms with Gasteiger partial charge in [-0.1, -0.05) is 19.8 Å². The molecule has 0 rings (SSSR count). The van der Waals surface area contributed by atoms with E-state index in [1.165, 1.54) is 21.3 Å². The molecule has 0 aromatic carbocycles. The molecular formula is C15H31NO6Si. The highest BCUT2D eigenvalue weighted by molar-refractivity contribution is 6.68. The van der Waals surface area contributed by atoms with Crippen molar-refractivity contribution in [3.63, 3.8) is 0 Å². The summed E-state index contributed by atoms with van der Waals surface area (Å²) in [6.07, 6.45) is 1.41. The molecule has 2 N–H and O–H groups in total. The van der Waals surface area contributed by atoms with Crippen LogP contribution in [0.4, 0.5) is 0 Å². The van der Waals surface area contributed by atoms with Gasteiger partial charge in [-0.15, -0.1) is 0 Å². The molecule has 0 aliphatic carbocycles. The van der Waals surface area contributed by atoms with Gasteiger partial charge in [0.2, 0.25) is 5.91 Å².